The van der Waals surface area contributed by atoms with Gasteiger partial charge in [0.2, 0.25) is 0 Å². The van der Waals surface area contributed by atoms with Crippen LogP contribution in [0.1, 0.15) is 22.8 Å². The quantitative estimate of drug-likeness (QED) is 0.461. The van der Waals surface area contributed by atoms with Crippen LogP contribution in [0.3, 0.4) is 0 Å². The summed E-state index contributed by atoms with van der Waals surface area (Å²) >= 11 is 2.92. The SMILES string of the molecule is CC(Br)C(=O)c1cc(F)cc(C(F)(F)F)c1. The van der Waals surface area contributed by atoms with Crippen LogP contribution in [-0.4, -0.2) is 10.6 Å². The molecule has 0 amide bonds. The van der Waals surface area contributed by atoms with Crippen molar-refractivity contribution in [2.24, 2.45) is 0 Å². The topological polar surface area (TPSA) is 17.1 Å². The van der Waals surface area contributed by atoms with E-state index in [9.17, 15) is 22.4 Å². The van der Waals surface area contributed by atoms with Crippen molar-refractivity contribution in [1.29, 1.82) is 0 Å². The van der Waals surface area contributed by atoms with Gasteiger partial charge >= 0.3 is 6.18 Å². The van der Waals surface area contributed by atoms with Gasteiger partial charge in [0.1, 0.15) is 5.82 Å². The average molecular weight is 299 g/mol. The lowest BCUT2D eigenvalue weighted by molar-refractivity contribution is -0.137. The van der Waals surface area contributed by atoms with E-state index >= 15 is 0 Å². The molecule has 0 saturated carbocycles. The molecule has 0 N–H and O–H groups in total. The van der Waals surface area contributed by atoms with Gasteiger partial charge in [-0.1, -0.05) is 15.9 Å². The first-order valence-corrected chi connectivity index (χ1v) is 5.19. The second-order valence-electron chi connectivity index (χ2n) is 3.21. The van der Waals surface area contributed by atoms with E-state index in [1.807, 2.05) is 0 Å². The van der Waals surface area contributed by atoms with Crippen molar-refractivity contribution in [3.63, 3.8) is 0 Å². The van der Waals surface area contributed by atoms with Crippen molar-refractivity contribution < 1.29 is 22.4 Å². The second kappa shape index (κ2) is 4.53. The molecule has 0 aliphatic heterocycles. The molecular formula is C10H7BrF4O. The first kappa shape index (κ1) is 13.2. The van der Waals surface area contributed by atoms with Crippen LogP contribution in [0.4, 0.5) is 17.6 Å². The van der Waals surface area contributed by atoms with Crippen LogP contribution in [-0.2, 0) is 6.18 Å². The normalized spacial score (nSPS) is 13.6. The number of benzene rings is 1. The summed E-state index contributed by atoms with van der Waals surface area (Å²) in [6.07, 6.45) is -4.66. The molecule has 1 unspecified atom stereocenters. The minimum atomic E-state index is -4.66. The standard InChI is InChI=1S/C10H7BrF4O/c1-5(11)9(16)6-2-7(10(13,14)15)4-8(12)3-6/h2-5H,1H3. The third-order valence-corrected chi connectivity index (χ3v) is 2.29. The summed E-state index contributed by atoms with van der Waals surface area (Å²) in [5.41, 5.74) is -1.46. The highest BCUT2D eigenvalue weighted by molar-refractivity contribution is 9.10. The number of halogens is 5. The molecule has 0 saturated heterocycles. The lowest BCUT2D eigenvalue weighted by atomic mass is 10.1. The molecule has 1 atom stereocenters. The second-order valence-corrected chi connectivity index (χ2v) is 4.58. The number of hydrogen-bond acceptors (Lipinski definition) is 1. The van der Waals surface area contributed by atoms with Gasteiger partial charge in [0.25, 0.3) is 0 Å². The van der Waals surface area contributed by atoms with Gasteiger partial charge in [-0.2, -0.15) is 13.2 Å². The zero-order chi connectivity index (χ0) is 12.5. The molecule has 0 aromatic heterocycles. The highest BCUT2D eigenvalue weighted by Crippen LogP contribution is 2.30. The Morgan fingerprint density at radius 3 is 2.31 bits per heavy atom. The third kappa shape index (κ3) is 3.04. The fraction of sp³-hybridized carbons (Fsp3) is 0.300. The van der Waals surface area contributed by atoms with Crippen LogP contribution >= 0.6 is 15.9 Å². The van der Waals surface area contributed by atoms with Gasteiger partial charge in [0.15, 0.2) is 5.78 Å². The van der Waals surface area contributed by atoms with Gasteiger partial charge in [0, 0.05) is 5.56 Å². The lowest BCUT2D eigenvalue weighted by Gasteiger charge is -2.09. The summed E-state index contributed by atoms with van der Waals surface area (Å²) in [6.45, 7) is 1.46. The van der Waals surface area contributed by atoms with Gasteiger partial charge in [-0.25, -0.2) is 4.39 Å². The highest BCUT2D eigenvalue weighted by atomic mass is 79.9. The fourth-order valence-electron chi connectivity index (χ4n) is 1.13. The molecule has 6 heteroatoms. The molecule has 0 fully saturated rings. The third-order valence-electron chi connectivity index (χ3n) is 1.87. The minimum absolute atomic E-state index is 0.295. The molecule has 1 aromatic carbocycles. The summed E-state index contributed by atoms with van der Waals surface area (Å²) in [4.78, 5) is 10.7. The summed E-state index contributed by atoms with van der Waals surface area (Å²) in [6, 6.07) is 1.79. The molecule has 0 radical (unpaired) electrons. The fourth-order valence-corrected chi connectivity index (χ4v) is 1.39. The van der Waals surface area contributed by atoms with Crippen LogP contribution in [0, 0.1) is 5.82 Å². The molecule has 0 heterocycles. The van der Waals surface area contributed by atoms with E-state index in [0.29, 0.717) is 12.1 Å². The van der Waals surface area contributed by atoms with Crippen molar-refractivity contribution >= 4 is 21.7 Å². The van der Waals surface area contributed by atoms with Gasteiger partial charge in [-0.05, 0) is 25.1 Å². The molecular weight excluding hydrogens is 292 g/mol. The Morgan fingerprint density at radius 2 is 1.88 bits per heavy atom. The van der Waals surface area contributed by atoms with E-state index in [2.05, 4.69) is 15.9 Å². The van der Waals surface area contributed by atoms with Crippen molar-refractivity contribution in [2.75, 3.05) is 0 Å². The van der Waals surface area contributed by atoms with Crippen molar-refractivity contribution in [3.05, 3.63) is 35.1 Å². The van der Waals surface area contributed by atoms with Crippen molar-refractivity contribution in [1.82, 2.24) is 0 Å². The first-order valence-electron chi connectivity index (χ1n) is 4.28. The predicted molar refractivity (Wildman–Crippen MR) is 54.1 cm³/mol. The molecule has 1 rings (SSSR count). The molecule has 0 spiro atoms. The maximum atomic E-state index is 12.9. The summed E-state index contributed by atoms with van der Waals surface area (Å²) < 4.78 is 49.9. The summed E-state index contributed by atoms with van der Waals surface area (Å²) in [5, 5.41) is 0. The van der Waals surface area contributed by atoms with Crippen LogP contribution in [0.15, 0.2) is 18.2 Å². The first-order chi connectivity index (χ1) is 7.21. The van der Waals surface area contributed by atoms with E-state index < -0.39 is 28.2 Å². The van der Waals surface area contributed by atoms with Crippen molar-refractivity contribution in [2.45, 2.75) is 17.9 Å². The zero-order valence-corrected chi connectivity index (χ0v) is 9.69. The average Bonchev–Trinajstić information content (AvgIpc) is 2.14. The molecule has 1 aromatic rings. The molecule has 0 aliphatic rings. The number of ketones is 1. The van der Waals surface area contributed by atoms with Gasteiger partial charge < -0.3 is 0 Å². The number of hydrogen-bond donors (Lipinski definition) is 0. The van der Waals surface area contributed by atoms with Crippen LogP contribution < -0.4 is 0 Å². The Balaban J connectivity index is 3.24. The smallest absolute Gasteiger partial charge is 0.293 e. The Labute approximate surface area is 97.6 Å². The zero-order valence-electron chi connectivity index (χ0n) is 8.11. The molecule has 88 valence electrons. The Bertz CT molecular complexity index is 412. The Kier molecular flexibility index (Phi) is 3.72. The maximum absolute atomic E-state index is 12.9. The minimum Gasteiger partial charge on any atom is -0.293 e. The van der Waals surface area contributed by atoms with Gasteiger partial charge in [-0.15, -0.1) is 0 Å². The summed E-state index contributed by atoms with van der Waals surface area (Å²) in [5.74, 6) is -1.67. The van der Waals surface area contributed by atoms with Crippen molar-refractivity contribution in [3.8, 4) is 0 Å². The molecule has 16 heavy (non-hydrogen) atoms. The van der Waals surface area contributed by atoms with Crippen LogP contribution in [0.5, 0.6) is 0 Å². The molecule has 1 nitrogen and oxygen atoms in total. The van der Waals surface area contributed by atoms with E-state index in [4.69, 9.17) is 0 Å². The van der Waals surface area contributed by atoms with Gasteiger partial charge in [-0.3, -0.25) is 4.79 Å². The number of carbonyl (C=O) groups excluding carboxylic acids is 1. The molecule has 0 bridgehead atoms. The van der Waals surface area contributed by atoms with E-state index in [1.165, 1.54) is 6.92 Å². The maximum Gasteiger partial charge on any atom is 0.416 e. The number of Topliss-reactive ketones (excluding diaryl/α,β-unsaturated/α-hetero) is 1. The van der Waals surface area contributed by atoms with E-state index in [1.54, 1.807) is 0 Å². The number of rotatable bonds is 2. The Morgan fingerprint density at radius 1 is 1.31 bits per heavy atom. The van der Waals surface area contributed by atoms with Crippen LogP contribution in [0.2, 0.25) is 0 Å². The Hall–Kier alpha value is -0.910. The van der Waals surface area contributed by atoms with Gasteiger partial charge in [0.05, 0.1) is 10.4 Å². The molecule has 0 aliphatic carbocycles. The van der Waals surface area contributed by atoms with Crippen LogP contribution in [0.25, 0.3) is 0 Å². The largest absolute Gasteiger partial charge is 0.416 e. The summed E-state index contributed by atoms with van der Waals surface area (Å²) in [7, 11) is 0. The predicted octanol–water partition coefficient (Wildman–Crippen LogP) is 3.81. The monoisotopic (exact) mass is 298 g/mol. The lowest BCUT2D eigenvalue weighted by Crippen LogP contribution is -2.13. The number of alkyl halides is 4. The van der Waals surface area contributed by atoms with E-state index in [0.717, 1.165) is 6.07 Å². The van der Waals surface area contributed by atoms with E-state index in [-0.39, 0.29) is 5.56 Å². The highest BCUT2D eigenvalue weighted by Gasteiger charge is 2.32. The number of carbonyl (C=O) groups is 1.